The molecule has 2 N–H and O–H groups in total. The maximum Gasteiger partial charge on any atom is 0.419 e. The van der Waals surface area contributed by atoms with E-state index >= 15 is 0 Å². The number of carbonyl (C=O) groups is 1. The molecule has 8 nitrogen and oxygen atoms in total. The molecular weight excluding hydrogens is 511 g/mol. The summed E-state index contributed by atoms with van der Waals surface area (Å²) < 4.78 is 101. The van der Waals surface area contributed by atoms with Crippen LogP contribution in [0.1, 0.15) is 20.3 Å². The van der Waals surface area contributed by atoms with Crippen molar-refractivity contribution in [3.05, 3.63) is 42.1 Å². The monoisotopic (exact) mass is 536 g/mol. The van der Waals surface area contributed by atoms with Gasteiger partial charge in [0.2, 0.25) is 11.7 Å². The summed E-state index contributed by atoms with van der Waals surface area (Å²) in [4.78, 5) is 18.0. The lowest BCUT2D eigenvalue weighted by atomic mass is 9.99. The molecule has 1 fully saturated rings. The average Bonchev–Trinajstić information content (AvgIpc) is 3.18. The van der Waals surface area contributed by atoms with Gasteiger partial charge < -0.3 is 19.7 Å². The maximum absolute atomic E-state index is 14.7. The third-order valence-corrected chi connectivity index (χ3v) is 6.65. The zero-order chi connectivity index (χ0) is 27.1. The lowest BCUT2D eigenvalue weighted by Crippen LogP contribution is -2.49. The van der Waals surface area contributed by atoms with Crippen LogP contribution in [0.3, 0.4) is 0 Å². The Balaban J connectivity index is 2.09. The zero-order valence-corrected chi connectivity index (χ0v) is 20.6. The van der Waals surface area contributed by atoms with Crippen molar-refractivity contribution in [3.8, 4) is 5.75 Å². The molecule has 1 saturated heterocycles. The quantitative estimate of drug-likeness (QED) is 0.510. The number of amides is 1. The van der Waals surface area contributed by atoms with Gasteiger partial charge in [-0.1, -0.05) is 0 Å². The second-order valence-electron chi connectivity index (χ2n) is 8.64. The van der Waals surface area contributed by atoms with Gasteiger partial charge >= 0.3 is 6.18 Å². The molecule has 0 saturated carbocycles. The van der Waals surface area contributed by atoms with Gasteiger partial charge in [-0.15, -0.1) is 0 Å². The molecule has 0 unspecified atom stereocenters. The number of anilines is 2. The molecule has 0 bridgehead atoms. The van der Waals surface area contributed by atoms with Gasteiger partial charge in [-0.25, -0.2) is 18.4 Å². The molecule has 2 aromatic rings. The Bertz CT molecular complexity index is 1260. The smallest absolute Gasteiger partial charge is 0.419 e. The first-order chi connectivity index (χ1) is 16.6. The van der Waals surface area contributed by atoms with Gasteiger partial charge in [0.1, 0.15) is 11.1 Å². The first-order valence-electron chi connectivity index (χ1n) is 10.6. The van der Waals surface area contributed by atoms with Crippen LogP contribution in [-0.4, -0.2) is 58.9 Å². The van der Waals surface area contributed by atoms with Gasteiger partial charge in [-0.05, 0) is 38.1 Å². The van der Waals surface area contributed by atoms with E-state index in [4.69, 9.17) is 14.3 Å². The number of hydrogen-bond acceptors (Lipinski definition) is 7. The Kier molecular flexibility index (Phi) is 7.51. The molecule has 2 heterocycles. The van der Waals surface area contributed by atoms with Crippen LogP contribution in [-0.2, 0) is 19.3 Å². The fourth-order valence-corrected chi connectivity index (χ4v) is 4.46. The van der Waals surface area contributed by atoms with Gasteiger partial charge in [0.25, 0.3) is 0 Å². The van der Waals surface area contributed by atoms with Crippen molar-refractivity contribution in [2.75, 3.05) is 30.1 Å². The summed E-state index contributed by atoms with van der Waals surface area (Å²) in [6.45, 7) is 2.15. The van der Waals surface area contributed by atoms with Crippen molar-refractivity contribution in [2.45, 2.75) is 49.2 Å². The van der Waals surface area contributed by atoms with Crippen molar-refractivity contribution in [2.24, 2.45) is 0 Å². The van der Waals surface area contributed by atoms with Gasteiger partial charge in [-0.3, -0.25) is 4.79 Å². The number of hydrogen-bond donors (Lipinski definition) is 2. The molecule has 14 heteroatoms. The topological polar surface area (TPSA) is 105 Å². The largest absolute Gasteiger partial charge is 0.486 e. The fourth-order valence-electron chi connectivity index (χ4n) is 3.85. The first kappa shape index (κ1) is 27.6. The Labute approximate surface area is 204 Å². The van der Waals surface area contributed by atoms with Gasteiger partial charge in [0.05, 0.1) is 28.1 Å². The lowest BCUT2D eigenvalue weighted by Gasteiger charge is -2.31. The zero-order valence-electron chi connectivity index (χ0n) is 19.8. The third kappa shape index (κ3) is 5.38. The van der Waals surface area contributed by atoms with E-state index in [-0.39, 0.29) is 16.4 Å². The van der Waals surface area contributed by atoms with E-state index in [0.29, 0.717) is 0 Å². The Morgan fingerprint density at radius 3 is 2.53 bits per heavy atom. The number of aromatic nitrogens is 1. The summed E-state index contributed by atoms with van der Waals surface area (Å²) in [5.41, 5.74) is -3.01. The summed E-state index contributed by atoms with van der Waals surface area (Å²) in [5.74, 6) is -4.24. The highest BCUT2D eigenvalue weighted by atomic mass is 32.2. The number of methoxy groups -OCH3 is 1. The van der Waals surface area contributed by atoms with Gasteiger partial charge in [0, 0.05) is 31.7 Å². The fraction of sp³-hybridized carbons (Fsp3) is 0.455. The van der Waals surface area contributed by atoms with Crippen LogP contribution in [0.2, 0.25) is 0 Å². The van der Waals surface area contributed by atoms with Crippen LogP contribution in [0.15, 0.2) is 35.5 Å². The standard InChI is InChI=1S/C22H25F5N4O4S/c1-12(2)35-19-15(6-5-14(23)18(19)24)31-11-21(34-3,22(25,26)27)10-16(31)20(32)30-13-7-8-29-17(9-13)36(4,28)33/h5-9,12,16,28H,10-11H2,1-4H3,(H,29,30,32)/t16-,21-,36-/m1/s1. The highest BCUT2D eigenvalue weighted by Gasteiger charge is 2.63. The van der Waals surface area contributed by atoms with E-state index in [1.54, 1.807) is 0 Å². The Morgan fingerprint density at radius 1 is 1.31 bits per heavy atom. The van der Waals surface area contributed by atoms with Crippen molar-refractivity contribution in [1.82, 2.24) is 4.98 Å². The summed E-state index contributed by atoms with van der Waals surface area (Å²) in [6.07, 6.45) is -4.12. The highest BCUT2D eigenvalue weighted by Crippen LogP contribution is 2.47. The summed E-state index contributed by atoms with van der Waals surface area (Å²) in [5, 5.41) is 2.29. The highest BCUT2D eigenvalue weighted by molar-refractivity contribution is 7.91. The second-order valence-corrected chi connectivity index (χ2v) is 10.7. The first-order valence-corrected chi connectivity index (χ1v) is 12.6. The van der Waals surface area contributed by atoms with Gasteiger partial charge in [-0.2, -0.15) is 17.6 Å². The number of halogens is 5. The van der Waals surface area contributed by atoms with Crippen molar-refractivity contribution in [1.29, 1.82) is 4.78 Å². The minimum Gasteiger partial charge on any atom is -0.486 e. The van der Waals surface area contributed by atoms with E-state index in [2.05, 4.69) is 10.3 Å². The van der Waals surface area contributed by atoms with Crippen LogP contribution in [0, 0.1) is 16.4 Å². The number of rotatable bonds is 7. The molecule has 0 radical (unpaired) electrons. The van der Waals surface area contributed by atoms with E-state index < -0.39 is 69.9 Å². The van der Waals surface area contributed by atoms with Crippen LogP contribution >= 0.6 is 0 Å². The molecule has 1 amide bonds. The van der Waals surface area contributed by atoms with Gasteiger partial charge in [0.15, 0.2) is 17.2 Å². The van der Waals surface area contributed by atoms with E-state index in [1.165, 1.54) is 32.2 Å². The Hall–Kier alpha value is -3.00. The van der Waals surface area contributed by atoms with Crippen molar-refractivity contribution < 1.29 is 40.4 Å². The molecule has 1 aliphatic heterocycles. The molecule has 0 aliphatic carbocycles. The minimum absolute atomic E-state index is 0.0395. The normalized spacial score (nSPS) is 21.9. The molecule has 1 aromatic carbocycles. The third-order valence-electron chi connectivity index (χ3n) is 5.63. The molecule has 198 valence electrons. The summed E-state index contributed by atoms with van der Waals surface area (Å²) >= 11 is 0. The molecule has 0 spiro atoms. The number of pyridine rings is 1. The van der Waals surface area contributed by atoms with E-state index in [0.717, 1.165) is 30.4 Å². The van der Waals surface area contributed by atoms with E-state index in [1.807, 2.05) is 0 Å². The van der Waals surface area contributed by atoms with Crippen molar-refractivity contribution >= 4 is 27.0 Å². The molecule has 1 aliphatic rings. The molecular formula is C22H25F5N4O4S. The molecule has 3 rings (SSSR count). The van der Waals surface area contributed by atoms with Crippen LogP contribution in [0.5, 0.6) is 5.75 Å². The Morgan fingerprint density at radius 2 is 1.97 bits per heavy atom. The number of carbonyl (C=O) groups excluding carboxylic acids is 1. The number of nitrogens with zero attached hydrogens (tertiary/aromatic N) is 2. The predicted molar refractivity (Wildman–Crippen MR) is 122 cm³/mol. The lowest BCUT2D eigenvalue weighted by molar-refractivity contribution is -0.261. The van der Waals surface area contributed by atoms with Crippen LogP contribution < -0.4 is 15.0 Å². The SMILES string of the molecule is CO[C@]1(C(F)(F)F)C[C@H](C(=O)Nc2ccnc([S@](C)(=N)=O)c2)N(c2ccc(F)c(F)c2OC(C)C)C1. The van der Waals surface area contributed by atoms with Crippen molar-refractivity contribution in [3.63, 3.8) is 0 Å². The van der Waals surface area contributed by atoms with Crippen LogP contribution in [0.4, 0.5) is 33.3 Å². The number of alkyl halides is 3. The molecule has 3 atom stereocenters. The number of benzene rings is 1. The summed E-state index contributed by atoms with van der Waals surface area (Å²) in [7, 11) is -2.39. The summed E-state index contributed by atoms with van der Waals surface area (Å²) in [6, 6.07) is 2.70. The molecule has 36 heavy (non-hydrogen) atoms. The predicted octanol–water partition coefficient (Wildman–Crippen LogP) is 4.35. The maximum atomic E-state index is 14.7. The average molecular weight is 537 g/mol. The van der Waals surface area contributed by atoms with Crippen LogP contribution in [0.25, 0.3) is 0 Å². The molecule has 1 aromatic heterocycles. The number of nitrogens with one attached hydrogen (secondary N) is 2. The second kappa shape index (κ2) is 9.81. The number of ether oxygens (including phenoxy) is 2. The minimum atomic E-state index is -4.91. The van der Waals surface area contributed by atoms with E-state index in [9.17, 15) is 31.0 Å².